The van der Waals surface area contributed by atoms with Gasteiger partial charge in [0.05, 0.1) is 12.7 Å². The van der Waals surface area contributed by atoms with Crippen molar-refractivity contribution in [2.45, 2.75) is 102 Å². The number of benzene rings is 2. The van der Waals surface area contributed by atoms with Crippen LogP contribution in [-0.4, -0.2) is 6.61 Å². The third-order valence-corrected chi connectivity index (χ3v) is 8.14. The second-order valence-corrected chi connectivity index (χ2v) is 10.3. The van der Waals surface area contributed by atoms with Gasteiger partial charge >= 0.3 is 0 Å². The predicted octanol–water partition coefficient (Wildman–Crippen LogP) is 9.02. The Morgan fingerprint density at radius 1 is 0.758 bits per heavy atom. The molecule has 1 nitrogen and oxygen atoms in total. The van der Waals surface area contributed by atoms with Crippen LogP contribution in [0.1, 0.15) is 118 Å². The number of hydrogen-bond acceptors (Lipinski definition) is 1. The Bertz CT molecular complexity index is 875. The zero-order valence-electron chi connectivity index (χ0n) is 20.4. The third-order valence-electron chi connectivity index (χ3n) is 8.14. The van der Waals surface area contributed by atoms with E-state index >= 15 is 8.78 Å². The lowest BCUT2D eigenvalue weighted by molar-refractivity contribution is 0.00161. The molecule has 0 bridgehead atoms. The van der Waals surface area contributed by atoms with Gasteiger partial charge in [-0.2, -0.15) is 0 Å². The van der Waals surface area contributed by atoms with Gasteiger partial charge in [0.15, 0.2) is 11.6 Å². The fraction of sp³-hybridized carbons (Fsp3) is 0.600. The minimum absolute atomic E-state index is 0.0480. The predicted molar refractivity (Wildman–Crippen MR) is 132 cm³/mol. The lowest BCUT2D eigenvalue weighted by Gasteiger charge is -2.31. The Balaban J connectivity index is 1.35. The summed E-state index contributed by atoms with van der Waals surface area (Å²) in [4.78, 5) is 0. The highest BCUT2D eigenvalue weighted by Gasteiger charge is 2.30. The third kappa shape index (κ3) is 5.85. The number of hydrogen-bond donors (Lipinski definition) is 0. The number of rotatable bonds is 8. The van der Waals surface area contributed by atoms with Gasteiger partial charge in [-0.1, -0.05) is 69.5 Å². The standard InChI is InChI=1S/C30H40F2O/c1-3-5-6-7-22-10-14-24(15-11-22)28-19-16-25(20-33-28)27-18-17-26(29(31)30(27)32)23-12-8-21(4-2)9-13-23/h10-11,14-15,17-18,21,23,25,28H,3-9,12-13,16,19-20H2,1-2H3. The molecule has 2 aliphatic rings. The maximum Gasteiger partial charge on any atom is 0.162 e. The molecule has 1 aliphatic heterocycles. The van der Waals surface area contributed by atoms with Crippen molar-refractivity contribution in [2.24, 2.45) is 5.92 Å². The monoisotopic (exact) mass is 454 g/mol. The summed E-state index contributed by atoms with van der Waals surface area (Å²) in [5, 5.41) is 0. The van der Waals surface area contributed by atoms with Gasteiger partial charge in [0.1, 0.15) is 0 Å². The molecule has 180 valence electrons. The minimum Gasteiger partial charge on any atom is -0.373 e. The lowest BCUT2D eigenvalue weighted by Crippen LogP contribution is -2.21. The van der Waals surface area contributed by atoms with Crippen molar-refractivity contribution in [1.29, 1.82) is 0 Å². The maximum absolute atomic E-state index is 15.1. The van der Waals surface area contributed by atoms with Gasteiger partial charge in [-0.3, -0.25) is 0 Å². The van der Waals surface area contributed by atoms with Crippen molar-refractivity contribution in [3.05, 3.63) is 70.3 Å². The molecule has 2 aromatic carbocycles. The highest BCUT2D eigenvalue weighted by Crippen LogP contribution is 2.41. The molecule has 1 heterocycles. The normalized spacial score (nSPS) is 25.8. The van der Waals surface area contributed by atoms with Crippen LogP contribution in [0, 0.1) is 17.6 Å². The molecule has 33 heavy (non-hydrogen) atoms. The summed E-state index contributed by atoms with van der Waals surface area (Å²) >= 11 is 0. The first-order valence-corrected chi connectivity index (χ1v) is 13.3. The zero-order chi connectivity index (χ0) is 23.2. The average molecular weight is 455 g/mol. The molecule has 0 amide bonds. The molecule has 4 rings (SSSR count). The first-order valence-electron chi connectivity index (χ1n) is 13.3. The van der Waals surface area contributed by atoms with Gasteiger partial charge in [0.25, 0.3) is 0 Å². The van der Waals surface area contributed by atoms with Crippen molar-refractivity contribution in [2.75, 3.05) is 6.61 Å². The second kappa shape index (κ2) is 11.6. The van der Waals surface area contributed by atoms with Gasteiger partial charge in [-0.05, 0) is 85.5 Å². The van der Waals surface area contributed by atoms with Crippen molar-refractivity contribution < 1.29 is 13.5 Å². The fourth-order valence-corrected chi connectivity index (χ4v) is 5.83. The summed E-state index contributed by atoms with van der Waals surface area (Å²) in [6.07, 6.45) is 12.0. The molecule has 2 unspecified atom stereocenters. The van der Waals surface area contributed by atoms with E-state index in [2.05, 4.69) is 38.1 Å². The van der Waals surface area contributed by atoms with Crippen LogP contribution < -0.4 is 0 Å². The molecule has 2 fully saturated rings. The van der Waals surface area contributed by atoms with Crippen LogP contribution >= 0.6 is 0 Å². The van der Waals surface area contributed by atoms with Crippen molar-refractivity contribution in [3.63, 3.8) is 0 Å². The Morgan fingerprint density at radius 2 is 1.39 bits per heavy atom. The summed E-state index contributed by atoms with van der Waals surface area (Å²) in [5.41, 5.74) is 3.64. The molecule has 0 aromatic heterocycles. The Hall–Kier alpha value is -1.74. The maximum atomic E-state index is 15.1. The van der Waals surface area contributed by atoms with Gasteiger partial charge in [-0.25, -0.2) is 8.78 Å². The van der Waals surface area contributed by atoms with Gasteiger partial charge in [0.2, 0.25) is 0 Å². The molecule has 2 aromatic rings. The summed E-state index contributed by atoms with van der Waals surface area (Å²) < 4.78 is 36.3. The highest BCUT2D eigenvalue weighted by molar-refractivity contribution is 5.32. The quantitative estimate of drug-likeness (QED) is 0.362. The minimum atomic E-state index is -0.645. The van der Waals surface area contributed by atoms with E-state index in [0.29, 0.717) is 17.7 Å². The van der Waals surface area contributed by atoms with Crippen LogP contribution in [-0.2, 0) is 11.2 Å². The number of ether oxygens (including phenoxy) is 1. The van der Waals surface area contributed by atoms with E-state index in [9.17, 15) is 0 Å². The molecule has 1 saturated heterocycles. The van der Waals surface area contributed by atoms with Gasteiger partial charge in [-0.15, -0.1) is 0 Å². The topological polar surface area (TPSA) is 9.23 Å². The van der Waals surface area contributed by atoms with Crippen LogP contribution in [0.4, 0.5) is 8.78 Å². The molecule has 0 radical (unpaired) electrons. The Kier molecular flexibility index (Phi) is 8.57. The van der Waals surface area contributed by atoms with Crippen LogP contribution in [0.15, 0.2) is 36.4 Å². The van der Waals surface area contributed by atoms with Crippen LogP contribution in [0.5, 0.6) is 0 Å². The summed E-state index contributed by atoms with van der Waals surface area (Å²) in [6, 6.07) is 12.5. The van der Waals surface area contributed by atoms with E-state index in [1.54, 1.807) is 0 Å². The SMILES string of the molecule is CCCCCc1ccc(C2CCC(c3ccc(C4CCC(CC)CC4)c(F)c3F)CO2)cc1. The molecule has 3 heteroatoms. The van der Waals surface area contributed by atoms with Crippen molar-refractivity contribution in [3.8, 4) is 0 Å². The van der Waals surface area contributed by atoms with Crippen LogP contribution in [0.2, 0.25) is 0 Å². The fourth-order valence-electron chi connectivity index (χ4n) is 5.83. The number of unbranched alkanes of at least 4 members (excludes halogenated alkanes) is 2. The lowest BCUT2D eigenvalue weighted by atomic mass is 9.77. The van der Waals surface area contributed by atoms with E-state index in [1.807, 2.05) is 12.1 Å². The molecule has 1 aliphatic carbocycles. The van der Waals surface area contributed by atoms with Crippen molar-refractivity contribution in [1.82, 2.24) is 0 Å². The van der Waals surface area contributed by atoms with Gasteiger partial charge in [0, 0.05) is 5.92 Å². The zero-order valence-corrected chi connectivity index (χ0v) is 20.4. The van der Waals surface area contributed by atoms with E-state index in [0.717, 1.165) is 50.9 Å². The average Bonchev–Trinajstić information content (AvgIpc) is 2.86. The van der Waals surface area contributed by atoms with Gasteiger partial charge < -0.3 is 4.74 Å². The number of aryl methyl sites for hydroxylation is 1. The molecular weight excluding hydrogens is 414 g/mol. The molecule has 2 atom stereocenters. The van der Waals surface area contributed by atoms with E-state index in [4.69, 9.17) is 4.74 Å². The summed E-state index contributed by atoms with van der Waals surface area (Å²) in [6.45, 7) is 4.89. The summed E-state index contributed by atoms with van der Waals surface area (Å²) in [5.74, 6) is -0.429. The smallest absolute Gasteiger partial charge is 0.162 e. The number of halogens is 2. The molecule has 0 N–H and O–H groups in total. The van der Waals surface area contributed by atoms with Crippen LogP contribution in [0.3, 0.4) is 0 Å². The van der Waals surface area contributed by atoms with E-state index in [1.165, 1.54) is 36.8 Å². The molecular formula is C30H40F2O. The molecule has 1 saturated carbocycles. The first kappa shape index (κ1) is 24.4. The first-order chi connectivity index (χ1) is 16.1. The Morgan fingerprint density at radius 3 is 1.97 bits per heavy atom. The molecule has 0 spiro atoms. The Labute approximate surface area is 198 Å². The van der Waals surface area contributed by atoms with E-state index in [-0.39, 0.29) is 17.9 Å². The van der Waals surface area contributed by atoms with E-state index < -0.39 is 11.6 Å². The summed E-state index contributed by atoms with van der Waals surface area (Å²) in [7, 11) is 0. The highest BCUT2D eigenvalue weighted by atomic mass is 19.2. The van der Waals surface area contributed by atoms with Crippen molar-refractivity contribution >= 4 is 0 Å². The second-order valence-electron chi connectivity index (χ2n) is 10.3. The van der Waals surface area contributed by atoms with Crippen LogP contribution in [0.25, 0.3) is 0 Å². The largest absolute Gasteiger partial charge is 0.373 e.